The van der Waals surface area contributed by atoms with Gasteiger partial charge in [-0.15, -0.1) is 0 Å². The van der Waals surface area contributed by atoms with Gasteiger partial charge in [0.1, 0.15) is 5.60 Å². The summed E-state index contributed by atoms with van der Waals surface area (Å²) in [5, 5.41) is 15.0. The Balaban J connectivity index is 0.00000144. The quantitative estimate of drug-likeness (QED) is 0.836. The van der Waals surface area contributed by atoms with Gasteiger partial charge in [-0.25, -0.2) is 0 Å². The van der Waals surface area contributed by atoms with Crippen LogP contribution in [0.5, 0.6) is 0 Å². The summed E-state index contributed by atoms with van der Waals surface area (Å²) in [7, 11) is 1.90. The van der Waals surface area contributed by atoms with Gasteiger partial charge in [-0.2, -0.15) is 5.10 Å². The van der Waals surface area contributed by atoms with Crippen LogP contribution >= 0.6 is 0 Å². The summed E-state index contributed by atoms with van der Waals surface area (Å²) in [6.45, 7) is 5.47. The summed E-state index contributed by atoms with van der Waals surface area (Å²) < 4.78 is 7.10. The minimum atomic E-state index is -0.757. The van der Waals surface area contributed by atoms with Crippen molar-refractivity contribution in [2.24, 2.45) is 7.05 Å². The summed E-state index contributed by atoms with van der Waals surface area (Å²) >= 11 is 0. The average Bonchev–Trinajstić information content (AvgIpc) is 2.62. The standard InChI is InChI=1S/C12H20N2O2.H2/c1-9(2)10-8-11(14(3)13-10)12(15)4-6-16-7-5-12;/h8-9,15H,4-7H2,1-3H3;1H. The monoisotopic (exact) mass is 226 g/mol. The lowest BCUT2D eigenvalue weighted by atomic mass is 9.90. The molecule has 0 bridgehead atoms. The Morgan fingerprint density at radius 2 is 2.12 bits per heavy atom. The molecule has 0 spiro atoms. The predicted octanol–water partition coefficient (Wildman–Crippen LogP) is 1.79. The van der Waals surface area contributed by atoms with Gasteiger partial charge in [0.2, 0.25) is 0 Å². The zero-order chi connectivity index (χ0) is 11.8. The minimum absolute atomic E-state index is 0. The van der Waals surface area contributed by atoms with E-state index in [1.807, 2.05) is 13.1 Å². The molecule has 92 valence electrons. The van der Waals surface area contributed by atoms with Crippen LogP contribution < -0.4 is 0 Å². The maximum Gasteiger partial charge on any atom is 0.111 e. The third kappa shape index (κ3) is 1.99. The highest BCUT2D eigenvalue weighted by Gasteiger charge is 2.35. The summed E-state index contributed by atoms with van der Waals surface area (Å²) in [6, 6.07) is 2.02. The van der Waals surface area contributed by atoms with Crippen LogP contribution in [0.4, 0.5) is 0 Å². The molecule has 2 rings (SSSR count). The fraction of sp³-hybridized carbons (Fsp3) is 0.750. The van der Waals surface area contributed by atoms with Crippen molar-refractivity contribution < 1.29 is 11.3 Å². The Morgan fingerprint density at radius 1 is 1.50 bits per heavy atom. The first kappa shape index (κ1) is 11.6. The Labute approximate surface area is 97.7 Å². The number of aliphatic hydroxyl groups is 1. The lowest BCUT2D eigenvalue weighted by Gasteiger charge is -2.31. The maximum absolute atomic E-state index is 10.6. The van der Waals surface area contributed by atoms with E-state index < -0.39 is 5.60 Å². The van der Waals surface area contributed by atoms with Crippen LogP contribution in [0.2, 0.25) is 0 Å². The molecule has 0 amide bonds. The van der Waals surface area contributed by atoms with Gasteiger partial charge < -0.3 is 9.84 Å². The second-order valence-corrected chi connectivity index (χ2v) is 4.88. The second-order valence-electron chi connectivity index (χ2n) is 4.88. The van der Waals surface area contributed by atoms with E-state index in [-0.39, 0.29) is 1.43 Å². The van der Waals surface area contributed by atoms with Crippen LogP contribution in [0.1, 0.15) is 45.4 Å². The topological polar surface area (TPSA) is 47.3 Å². The van der Waals surface area contributed by atoms with Gasteiger partial charge in [0.25, 0.3) is 0 Å². The Bertz CT molecular complexity index is 371. The minimum Gasteiger partial charge on any atom is -0.383 e. The number of rotatable bonds is 2. The van der Waals surface area contributed by atoms with E-state index in [0.29, 0.717) is 32.0 Å². The van der Waals surface area contributed by atoms with E-state index in [9.17, 15) is 5.11 Å². The summed E-state index contributed by atoms with van der Waals surface area (Å²) in [4.78, 5) is 0. The predicted molar refractivity (Wildman–Crippen MR) is 63.4 cm³/mol. The Kier molecular flexibility index (Phi) is 3.04. The van der Waals surface area contributed by atoms with Crippen LogP contribution in [0, 0.1) is 0 Å². The van der Waals surface area contributed by atoms with Gasteiger partial charge in [-0.1, -0.05) is 13.8 Å². The molecule has 0 atom stereocenters. The molecular weight excluding hydrogens is 204 g/mol. The van der Waals surface area contributed by atoms with Crippen LogP contribution in [0.3, 0.4) is 0 Å². The molecule has 1 aliphatic heterocycles. The summed E-state index contributed by atoms with van der Waals surface area (Å²) in [5.74, 6) is 0.392. The van der Waals surface area contributed by atoms with Crippen molar-refractivity contribution in [2.75, 3.05) is 13.2 Å². The first-order valence-electron chi connectivity index (χ1n) is 5.87. The van der Waals surface area contributed by atoms with Crippen LogP contribution in [-0.4, -0.2) is 28.1 Å². The van der Waals surface area contributed by atoms with E-state index in [0.717, 1.165) is 11.4 Å². The van der Waals surface area contributed by atoms with Crippen LogP contribution in [0.25, 0.3) is 0 Å². The molecule has 0 saturated carbocycles. The van der Waals surface area contributed by atoms with Crippen molar-refractivity contribution in [2.45, 2.75) is 38.2 Å². The van der Waals surface area contributed by atoms with Crippen LogP contribution in [-0.2, 0) is 17.4 Å². The van der Waals surface area contributed by atoms with Crippen LogP contribution in [0.15, 0.2) is 6.07 Å². The second kappa shape index (κ2) is 4.18. The van der Waals surface area contributed by atoms with Gasteiger partial charge in [-0.3, -0.25) is 4.68 Å². The smallest absolute Gasteiger partial charge is 0.111 e. The first-order valence-corrected chi connectivity index (χ1v) is 5.87. The summed E-state index contributed by atoms with van der Waals surface area (Å²) in [5.41, 5.74) is 1.20. The number of nitrogens with zero attached hydrogens (tertiary/aromatic N) is 2. The molecule has 0 unspecified atom stereocenters. The molecule has 1 aromatic heterocycles. The number of aryl methyl sites for hydroxylation is 1. The Morgan fingerprint density at radius 3 is 2.62 bits per heavy atom. The van der Waals surface area contributed by atoms with Crippen molar-refractivity contribution in [3.63, 3.8) is 0 Å². The molecule has 16 heavy (non-hydrogen) atoms. The molecule has 1 aromatic rings. The molecule has 1 saturated heterocycles. The lowest BCUT2D eigenvalue weighted by Crippen LogP contribution is -2.35. The fourth-order valence-corrected chi connectivity index (χ4v) is 2.17. The zero-order valence-electron chi connectivity index (χ0n) is 10.2. The molecule has 4 nitrogen and oxygen atoms in total. The third-order valence-corrected chi connectivity index (χ3v) is 3.29. The van der Waals surface area contributed by atoms with Gasteiger partial charge in [-0.05, 0) is 12.0 Å². The summed E-state index contributed by atoms with van der Waals surface area (Å²) in [6.07, 6.45) is 1.31. The zero-order valence-corrected chi connectivity index (χ0v) is 10.2. The van der Waals surface area contributed by atoms with E-state index in [2.05, 4.69) is 18.9 Å². The average molecular weight is 226 g/mol. The van der Waals surface area contributed by atoms with Crippen molar-refractivity contribution in [1.82, 2.24) is 9.78 Å². The van der Waals surface area contributed by atoms with E-state index >= 15 is 0 Å². The van der Waals surface area contributed by atoms with Crippen molar-refractivity contribution in [3.05, 3.63) is 17.5 Å². The molecule has 2 heterocycles. The highest BCUT2D eigenvalue weighted by atomic mass is 16.5. The number of ether oxygens (including phenoxy) is 1. The molecule has 0 aromatic carbocycles. The SMILES string of the molecule is CC(C)c1cc(C2(O)CCOCC2)n(C)n1.[HH]. The highest BCUT2D eigenvalue weighted by molar-refractivity contribution is 5.20. The molecular formula is C12H22N2O2. The molecule has 4 heteroatoms. The largest absolute Gasteiger partial charge is 0.383 e. The molecule has 1 N–H and O–H groups in total. The normalized spacial score (nSPS) is 20.3. The maximum atomic E-state index is 10.6. The van der Waals surface area contributed by atoms with Crippen molar-refractivity contribution in [3.8, 4) is 0 Å². The lowest BCUT2D eigenvalue weighted by molar-refractivity contribution is -0.0725. The highest BCUT2D eigenvalue weighted by Crippen LogP contribution is 2.32. The molecule has 0 radical (unpaired) electrons. The number of hydrogen-bond acceptors (Lipinski definition) is 3. The van der Waals surface area contributed by atoms with E-state index in [1.165, 1.54) is 0 Å². The number of aromatic nitrogens is 2. The molecule has 1 aliphatic rings. The van der Waals surface area contributed by atoms with E-state index in [1.54, 1.807) is 4.68 Å². The Hall–Kier alpha value is -0.870. The van der Waals surface area contributed by atoms with Gasteiger partial charge >= 0.3 is 0 Å². The third-order valence-electron chi connectivity index (χ3n) is 3.29. The van der Waals surface area contributed by atoms with Crippen molar-refractivity contribution in [1.29, 1.82) is 0 Å². The first-order chi connectivity index (χ1) is 7.53. The van der Waals surface area contributed by atoms with Gasteiger partial charge in [0.05, 0.1) is 11.4 Å². The number of hydrogen-bond donors (Lipinski definition) is 1. The fourth-order valence-electron chi connectivity index (χ4n) is 2.17. The van der Waals surface area contributed by atoms with Crippen molar-refractivity contribution >= 4 is 0 Å². The van der Waals surface area contributed by atoms with E-state index in [4.69, 9.17) is 4.74 Å². The molecule has 1 fully saturated rings. The van der Waals surface area contributed by atoms with Gasteiger partial charge in [0.15, 0.2) is 0 Å². The molecule has 0 aliphatic carbocycles. The van der Waals surface area contributed by atoms with Gasteiger partial charge in [0, 0.05) is 34.5 Å².